The minimum Gasteiger partial charge on any atom is -0.497 e. The molecule has 0 fully saturated rings. The van der Waals surface area contributed by atoms with Crippen molar-refractivity contribution in [2.24, 2.45) is 0 Å². The Balaban J connectivity index is 1.49. The van der Waals surface area contributed by atoms with E-state index in [0.29, 0.717) is 10.0 Å². The molecule has 0 saturated heterocycles. The molecule has 0 spiro atoms. The highest BCUT2D eigenvalue weighted by atomic mass is 35.5. The van der Waals surface area contributed by atoms with E-state index in [1.165, 1.54) is 11.3 Å². The van der Waals surface area contributed by atoms with Crippen LogP contribution in [0, 0.1) is 0 Å². The third-order valence-electron chi connectivity index (χ3n) is 5.82. The molecule has 0 atom stereocenters. The number of fused-ring (bicyclic) bond motifs is 1. The van der Waals surface area contributed by atoms with Crippen LogP contribution in [0.15, 0.2) is 95.9 Å². The van der Waals surface area contributed by atoms with Gasteiger partial charge < -0.3 is 4.74 Å². The molecule has 0 saturated carbocycles. The first kappa shape index (κ1) is 24.8. The number of nitrogens with one attached hydrogen (secondary N) is 1. The van der Waals surface area contributed by atoms with Crippen molar-refractivity contribution in [2.75, 3.05) is 7.11 Å². The number of sulfonamides is 1. The van der Waals surface area contributed by atoms with Crippen molar-refractivity contribution < 1.29 is 13.2 Å². The Hall–Kier alpha value is -2.87. The van der Waals surface area contributed by atoms with Crippen LogP contribution in [0.2, 0.25) is 10.0 Å². The lowest BCUT2D eigenvalue weighted by Gasteiger charge is -2.08. The second-order valence-electron chi connectivity index (χ2n) is 8.14. The number of methoxy groups -OCH3 is 1. The van der Waals surface area contributed by atoms with Gasteiger partial charge in [-0.15, -0.1) is 11.3 Å². The number of hydrogen-bond acceptors (Lipinski definition) is 4. The number of ether oxygens (including phenoxy) is 1. The number of rotatable bonds is 7. The van der Waals surface area contributed by atoms with Crippen molar-refractivity contribution in [3.8, 4) is 27.3 Å². The quantitative estimate of drug-likeness (QED) is 0.222. The van der Waals surface area contributed by atoms with E-state index in [2.05, 4.69) is 4.72 Å². The Morgan fingerprint density at radius 2 is 1.58 bits per heavy atom. The summed E-state index contributed by atoms with van der Waals surface area (Å²) >= 11 is 14.2. The zero-order valence-electron chi connectivity index (χ0n) is 19.2. The maximum absolute atomic E-state index is 13.1. The van der Waals surface area contributed by atoms with E-state index in [1.54, 1.807) is 31.4 Å². The summed E-state index contributed by atoms with van der Waals surface area (Å²) in [6.45, 7) is 0.147. The number of benzene rings is 4. The Morgan fingerprint density at radius 3 is 2.31 bits per heavy atom. The minimum atomic E-state index is -3.71. The van der Waals surface area contributed by atoms with Gasteiger partial charge in [-0.05, 0) is 70.9 Å². The van der Waals surface area contributed by atoms with Crippen LogP contribution in [0.25, 0.3) is 32.3 Å². The van der Waals surface area contributed by atoms with Gasteiger partial charge in [0.1, 0.15) is 5.75 Å². The molecular weight excluding hydrogens is 533 g/mol. The summed E-state index contributed by atoms with van der Waals surface area (Å²) in [6.07, 6.45) is 0. The topological polar surface area (TPSA) is 55.4 Å². The molecule has 0 amide bonds. The first-order valence-electron chi connectivity index (χ1n) is 11.0. The second kappa shape index (κ2) is 10.2. The molecule has 4 nitrogen and oxygen atoms in total. The van der Waals surface area contributed by atoms with Gasteiger partial charge in [-0.1, -0.05) is 59.6 Å². The molecule has 8 heteroatoms. The SMILES string of the molecule is COc1ccc(-c2sc(CNS(=O)(=O)c3ccc4ccccc4c3)cc2-c2ccc(Cl)cc2Cl)cc1. The monoisotopic (exact) mass is 553 g/mol. The van der Waals surface area contributed by atoms with Gasteiger partial charge in [-0.3, -0.25) is 0 Å². The van der Waals surface area contributed by atoms with Crippen LogP contribution >= 0.6 is 34.5 Å². The standard InChI is InChI=1S/C28H21Cl2NO3S2/c1-34-22-10-6-19(7-11-22)28-26(25-13-9-21(29)15-27(25)30)16-23(35-28)17-31-36(32,33)24-12-8-18-4-2-3-5-20(18)14-24/h2-16,31H,17H2,1H3. The van der Waals surface area contributed by atoms with E-state index in [4.69, 9.17) is 27.9 Å². The van der Waals surface area contributed by atoms with E-state index < -0.39 is 10.0 Å². The lowest BCUT2D eigenvalue weighted by molar-refractivity contribution is 0.415. The van der Waals surface area contributed by atoms with Crippen LogP contribution in [0.3, 0.4) is 0 Å². The van der Waals surface area contributed by atoms with Crippen LogP contribution in [-0.2, 0) is 16.6 Å². The summed E-state index contributed by atoms with van der Waals surface area (Å²) in [7, 11) is -2.09. The van der Waals surface area contributed by atoms with Gasteiger partial charge in [0.2, 0.25) is 10.0 Å². The molecule has 5 aromatic rings. The van der Waals surface area contributed by atoms with Gasteiger partial charge in [-0.2, -0.15) is 0 Å². The molecule has 1 N–H and O–H groups in total. The normalized spacial score (nSPS) is 11.6. The van der Waals surface area contributed by atoms with Crippen molar-refractivity contribution in [1.82, 2.24) is 4.72 Å². The molecule has 5 rings (SSSR count). The van der Waals surface area contributed by atoms with E-state index in [9.17, 15) is 8.42 Å². The molecule has 1 heterocycles. The summed E-state index contributed by atoms with van der Waals surface area (Å²) in [4.78, 5) is 2.06. The summed E-state index contributed by atoms with van der Waals surface area (Å²) in [6, 6.07) is 27.9. The molecule has 0 aliphatic carbocycles. The zero-order chi connectivity index (χ0) is 25.3. The maximum atomic E-state index is 13.1. The fourth-order valence-electron chi connectivity index (χ4n) is 3.98. The van der Waals surface area contributed by atoms with E-state index >= 15 is 0 Å². The van der Waals surface area contributed by atoms with Crippen molar-refractivity contribution in [1.29, 1.82) is 0 Å². The average molecular weight is 555 g/mol. The fourth-order valence-corrected chi connectivity index (χ4v) is 6.74. The second-order valence-corrected chi connectivity index (χ2v) is 11.9. The molecule has 1 aromatic heterocycles. The fraction of sp³-hybridized carbons (Fsp3) is 0.0714. The number of thiophene rings is 1. The minimum absolute atomic E-state index is 0.147. The zero-order valence-corrected chi connectivity index (χ0v) is 22.3. The molecule has 0 radical (unpaired) electrons. The average Bonchev–Trinajstić information content (AvgIpc) is 3.31. The third-order valence-corrected chi connectivity index (χ3v) is 8.96. The molecule has 0 bridgehead atoms. The summed E-state index contributed by atoms with van der Waals surface area (Å²) < 4.78 is 34.2. The van der Waals surface area contributed by atoms with Gasteiger partial charge in [-0.25, -0.2) is 13.1 Å². The highest BCUT2D eigenvalue weighted by Crippen LogP contribution is 2.43. The van der Waals surface area contributed by atoms with Crippen LogP contribution in [-0.4, -0.2) is 15.5 Å². The molecule has 36 heavy (non-hydrogen) atoms. The number of halogens is 2. The van der Waals surface area contributed by atoms with Crippen molar-refractivity contribution in [2.45, 2.75) is 11.4 Å². The Morgan fingerprint density at radius 1 is 0.833 bits per heavy atom. The van der Waals surface area contributed by atoms with Crippen molar-refractivity contribution in [3.05, 3.63) is 106 Å². The van der Waals surface area contributed by atoms with E-state index in [0.717, 1.165) is 43.0 Å². The summed E-state index contributed by atoms with van der Waals surface area (Å²) in [5.41, 5.74) is 2.71. The predicted octanol–water partition coefficient (Wildman–Crippen LogP) is 8.03. The van der Waals surface area contributed by atoms with Gasteiger partial charge in [0, 0.05) is 37.5 Å². The van der Waals surface area contributed by atoms with Gasteiger partial charge in [0.25, 0.3) is 0 Å². The van der Waals surface area contributed by atoms with E-state index in [-0.39, 0.29) is 11.4 Å². The van der Waals surface area contributed by atoms with Crippen molar-refractivity contribution >= 4 is 55.3 Å². The summed E-state index contributed by atoms with van der Waals surface area (Å²) in [5, 5.41) is 2.94. The molecule has 0 aliphatic rings. The highest BCUT2D eigenvalue weighted by molar-refractivity contribution is 7.89. The molecular formula is C28H21Cl2NO3S2. The molecule has 4 aromatic carbocycles. The number of hydrogen-bond donors (Lipinski definition) is 1. The Labute approximate surface area is 224 Å². The van der Waals surface area contributed by atoms with Gasteiger partial charge in [0.15, 0.2) is 0 Å². The summed E-state index contributed by atoms with van der Waals surface area (Å²) in [5.74, 6) is 0.754. The van der Waals surface area contributed by atoms with Crippen LogP contribution in [0.5, 0.6) is 5.75 Å². The van der Waals surface area contributed by atoms with Crippen LogP contribution in [0.4, 0.5) is 0 Å². The maximum Gasteiger partial charge on any atom is 0.240 e. The lowest BCUT2D eigenvalue weighted by atomic mass is 10.0. The Bertz CT molecular complexity index is 1660. The van der Waals surface area contributed by atoms with Gasteiger partial charge >= 0.3 is 0 Å². The van der Waals surface area contributed by atoms with E-state index in [1.807, 2.05) is 66.7 Å². The Kier molecular flexibility index (Phi) is 7.06. The first-order valence-corrected chi connectivity index (χ1v) is 14.1. The smallest absolute Gasteiger partial charge is 0.240 e. The van der Waals surface area contributed by atoms with Crippen molar-refractivity contribution in [3.63, 3.8) is 0 Å². The lowest BCUT2D eigenvalue weighted by Crippen LogP contribution is -2.22. The first-order chi connectivity index (χ1) is 17.3. The predicted molar refractivity (Wildman–Crippen MR) is 150 cm³/mol. The highest BCUT2D eigenvalue weighted by Gasteiger charge is 2.19. The van der Waals surface area contributed by atoms with Crippen LogP contribution < -0.4 is 9.46 Å². The third kappa shape index (κ3) is 5.14. The molecule has 182 valence electrons. The van der Waals surface area contributed by atoms with Gasteiger partial charge in [0.05, 0.1) is 12.0 Å². The molecule has 0 aliphatic heterocycles. The molecule has 0 unspecified atom stereocenters. The largest absolute Gasteiger partial charge is 0.497 e. The van der Waals surface area contributed by atoms with Crippen LogP contribution in [0.1, 0.15) is 4.88 Å².